The van der Waals surface area contributed by atoms with Crippen molar-refractivity contribution in [3.63, 3.8) is 0 Å². The molecule has 0 amide bonds. The molecule has 3 rings (SSSR count). The molecule has 0 radical (unpaired) electrons. The van der Waals surface area contributed by atoms with Crippen molar-refractivity contribution < 1.29 is 30.6 Å². The number of phenols is 2. The molecule has 0 aliphatic heterocycles. The number of aliphatic hydroxyl groups excluding tert-OH is 1. The number of aromatic hydroxyl groups is 2. The molecule has 2 aromatic carbocycles. The topological polar surface area (TPSA) is 121 Å². The molecule has 6 nitrogen and oxygen atoms in total. The molecule has 1 unspecified atom stereocenters. The fourth-order valence-electron chi connectivity index (χ4n) is 4.03. The zero-order valence-electron chi connectivity index (χ0n) is 17.6. The Kier molecular flexibility index (Phi) is 5.45. The SMILES string of the molecule is Cc1cc(CC2=CC(O)(Cc3cc(C)c(O)c(C)c3)C(O)=CC2(O)O)cc(C)c1O. The minimum atomic E-state index is -2.42. The molecular weight excluding hydrogens is 384 g/mol. The lowest BCUT2D eigenvalue weighted by molar-refractivity contribution is -0.0966. The molecule has 2 aromatic rings. The Hall–Kier alpha value is -2.80. The second kappa shape index (κ2) is 7.47. The second-order valence-electron chi connectivity index (χ2n) is 8.36. The summed E-state index contributed by atoms with van der Waals surface area (Å²) in [4.78, 5) is 0. The van der Waals surface area contributed by atoms with Crippen molar-refractivity contribution in [3.8, 4) is 11.5 Å². The highest BCUT2D eigenvalue weighted by Gasteiger charge is 2.41. The lowest BCUT2D eigenvalue weighted by Crippen LogP contribution is -2.42. The smallest absolute Gasteiger partial charge is 0.210 e. The maximum atomic E-state index is 11.2. The first kappa shape index (κ1) is 21.9. The first-order chi connectivity index (χ1) is 13.8. The van der Waals surface area contributed by atoms with Crippen LogP contribution >= 0.6 is 0 Å². The van der Waals surface area contributed by atoms with Crippen molar-refractivity contribution >= 4 is 0 Å². The van der Waals surface area contributed by atoms with Crippen molar-refractivity contribution in [2.45, 2.75) is 51.9 Å². The number of aryl methyl sites for hydroxylation is 4. The van der Waals surface area contributed by atoms with Gasteiger partial charge in [0.2, 0.25) is 5.79 Å². The van der Waals surface area contributed by atoms with Crippen molar-refractivity contribution in [2.75, 3.05) is 0 Å². The third-order valence-electron chi connectivity index (χ3n) is 5.64. The van der Waals surface area contributed by atoms with Gasteiger partial charge in [0.05, 0.1) is 0 Å². The van der Waals surface area contributed by atoms with Gasteiger partial charge in [0, 0.05) is 12.5 Å². The van der Waals surface area contributed by atoms with Crippen LogP contribution in [0.3, 0.4) is 0 Å². The summed E-state index contributed by atoms with van der Waals surface area (Å²) in [6.07, 6.45) is 2.21. The Morgan fingerprint density at radius 2 is 1.10 bits per heavy atom. The third-order valence-corrected chi connectivity index (χ3v) is 5.64. The zero-order chi connectivity index (χ0) is 22.4. The van der Waals surface area contributed by atoms with E-state index in [2.05, 4.69) is 0 Å². The highest BCUT2D eigenvalue weighted by atomic mass is 16.5. The van der Waals surface area contributed by atoms with Gasteiger partial charge in [0.15, 0.2) is 0 Å². The van der Waals surface area contributed by atoms with Crippen LogP contribution in [-0.2, 0) is 12.8 Å². The Balaban J connectivity index is 2.00. The van der Waals surface area contributed by atoms with Crippen molar-refractivity contribution in [2.24, 2.45) is 0 Å². The molecule has 0 fully saturated rings. The summed E-state index contributed by atoms with van der Waals surface area (Å²) < 4.78 is 0. The summed E-state index contributed by atoms with van der Waals surface area (Å²) in [5.41, 5.74) is 2.30. The Bertz CT molecular complexity index is 1020. The van der Waals surface area contributed by atoms with E-state index in [1.54, 1.807) is 52.0 Å². The van der Waals surface area contributed by atoms with E-state index in [-0.39, 0.29) is 29.9 Å². The van der Waals surface area contributed by atoms with Gasteiger partial charge in [-0.15, -0.1) is 0 Å². The van der Waals surface area contributed by atoms with Crippen LogP contribution in [0, 0.1) is 27.7 Å². The molecule has 0 spiro atoms. The summed E-state index contributed by atoms with van der Waals surface area (Å²) in [6.45, 7) is 7.00. The van der Waals surface area contributed by atoms with Crippen LogP contribution in [0.5, 0.6) is 11.5 Å². The van der Waals surface area contributed by atoms with Crippen molar-refractivity contribution in [3.05, 3.63) is 81.1 Å². The fraction of sp³-hybridized carbons (Fsp3) is 0.333. The molecule has 6 N–H and O–H groups in total. The Morgan fingerprint density at radius 1 is 0.667 bits per heavy atom. The minimum Gasteiger partial charge on any atom is -0.509 e. The molecule has 6 heteroatoms. The predicted octanol–water partition coefficient (Wildman–Crippen LogP) is 2.91. The maximum absolute atomic E-state index is 11.2. The lowest BCUT2D eigenvalue weighted by atomic mass is 9.80. The number of hydrogen-bond donors (Lipinski definition) is 6. The van der Waals surface area contributed by atoms with Crippen molar-refractivity contribution in [1.29, 1.82) is 0 Å². The van der Waals surface area contributed by atoms with Gasteiger partial charge in [-0.05, 0) is 79.1 Å². The molecular formula is C24H28O6. The number of aliphatic hydroxyl groups is 4. The van der Waals surface area contributed by atoms with E-state index in [1.807, 2.05) is 0 Å². The van der Waals surface area contributed by atoms with Gasteiger partial charge in [-0.1, -0.05) is 24.3 Å². The maximum Gasteiger partial charge on any atom is 0.210 e. The minimum absolute atomic E-state index is 0.00942. The number of phenolic OH excluding ortho intramolecular Hbond substituents is 2. The third kappa shape index (κ3) is 4.07. The van der Waals surface area contributed by atoms with E-state index >= 15 is 0 Å². The van der Waals surface area contributed by atoms with Gasteiger partial charge in [-0.2, -0.15) is 0 Å². The summed E-state index contributed by atoms with van der Waals surface area (Å²) >= 11 is 0. The molecule has 30 heavy (non-hydrogen) atoms. The normalized spacial score (nSPS) is 20.6. The van der Waals surface area contributed by atoms with Crippen LogP contribution in [-0.4, -0.2) is 42.0 Å². The van der Waals surface area contributed by atoms with Crippen LogP contribution in [0.2, 0.25) is 0 Å². The van der Waals surface area contributed by atoms with Crippen LogP contribution in [0.15, 0.2) is 47.7 Å². The summed E-state index contributed by atoms with van der Waals surface area (Å²) in [5.74, 6) is -2.62. The van der Waals surface area contributed by atoms with Gasteiger partial charge in [-0.3, -0.25) is 0 Å². The quantitative estimate of drug-likeness (QED) is 0.339. The van der Waals surface area contributed by atoms with Crippen molar-refractivity contribution in [1.82, 2.24) is 0 Å². The average Bonchev–Trinajstić information content (AvgIpc) is 2.62. The number of hydrogen-bond acceptors (Lipinski definition) is 6. The number of benzene rings is 2. The summed E-state index contributed by atoms with van der Waals surface area (Å²) in [7, 11) is 0. The molecule has 0 saturated heterocycles. The van der Waals surface area contributed by atoms with Crippen LogP contribution in [0.4, 0.5) is 0 Å². The van der Waals surface area contributed by atoms with E-state index in [0.717, 1.165) is 11.6 Å². The standard InChI is InChI=1S/C24H28O6/c1-13-5-17(6-14(2)21(13)26)9-19-11-23(28,20(25)12-24(19,29)30)10-18-7-15(3)22(27)16(4)8-18/h5-8,11-12,25-30H,9-10H2,1-4H3. The van der Waals surface area contributed by atoms with E-state index in [1.165, 1.54) is 6.08 Å². The van der Waals surface area contributed by atoms with E-state index in [9.17, 15) is 30.6 Å². The van der Waals surface area contributed by atoms with E-state index in [0.29, 0.717) is 27.8 Å². The molecule has 160 valence electrons. The van der Waals surface area contributed by atoms with E-state index < -0.39 is 17.1 Å². The summed E-state index contributed by atoms with van der Waals surface area (Å²) in [6, 6.07) is 6.91. The Labute approximate surface area is 175 Å². The molecule has 0 saturated carbocycles. The van der Waals surface area contributed by atoms with Crippen LogP contribution in [0.1, 0.15) is 33.4 Å². The monoisotopic (exact) mass is 412 g/mol. The molecule has 0 aromatic heterocycles. The number of rotatable bonds is 4. The molecule has 0 heterocycles. The summed E-state index contributed by atoms with van der Waals surface area (Å²) in [5, 5.41) is 62.4. The van der Waals surface area contributed by atoms with Gasteiger partial charge >= 0.3 is 0 Å². The first-order valence-corrected chi connectivity index (χ1v) is 9.72. The Morgan fingerprint density at radius 3 is 1.57 bits per heavy atom. The predicted molar refractivity (Wildman–Crippen MR) is 113 cm³/mol. The first-order valence-electron chi connectivity index (χ1n) is 9.72. The molecule has 1 aliphatic rings. The van der Waals surface area contributed by atoms with Gasteiger partial charge < -0.3 is 30.6 Å². The lowest BCUT2D eigenvalue weighted by Gasteiger charge is -2.35. The average molecular weight is 412 g/mol. The van der Waals surface area contributed by atoms with Gasteiger partial charge in [0.25, 0.3) is 0 Å². The molecule has 1 aliphatic carbocycles. The van der Waals surface area contributed by atoms with Crippen LogP contribution < -0.4 is 0 Å². The van der Waals surface area contributed by atoms with Gasteiger partial charge in [0.1, 0.15) is 22.9 Å². The molecule has 0 bridgehead atoms. The fourth-order valence-corrected chi connectivity index (χ4v) is 4.03. The van der Waals surface area contributed by atoms with Gasteiger partial charge in [-0.25, -0.2) is 0 Å². The largest absolute Gasteiger partial charge is 0.509 e. The van der Waals surface area contributed by atoms with Crippen LogP contribution in [0.25, 0.3) is 0 Å². The second-order valence-corrected chi connectivity index (χ2v) is 8.36. The highest BCUT2D eigenvalue weighted by Crippen LogP contribution is 2.36. The molecule has 1 atom stereocenters. The zero-order valence-corrected chi connectivity index (χ0v) is 17.6. The van der Waals surface area contributed by atoms with E-state index in [4.69, 9.17) is 0 Å². The highest BCUT2D eigenvalue weighted by molar-refractivity contribution is 5.47.